The topological polar surface area (TPSA) is 73.1 Å². The molecule has 20 heavy (non-hydrogen) atoms. The van der Waals surface area contributed by atoms with E-state index in [1.54, 1.807) is 18.2 Å². The van der Waals surface area contributed by atoms with Gasteiger partial charge in [0.15, 0.2) is 15.7 Å². The van der Waals surface area contributed by atoms with E-state index < -0.39 is 9.84 Å². The summed E-state index contributed by atoms with van der Waals surface area (Å²) in [5.74, 6) is -0.0484. The van der Waals surface area contributed by atoms with Crippen molar-refractivity contribution in [2.75, 3.05) is 0 Å². The van der Waals surface area contributed by atoms with Crippen molar-refractivity contribution in [2.45, 2.75) is 24.9 Å². The standard InChI is InChI=1S/C12H12Cl2N2O3S/c1-2-11-15-12(19-16-11)7-20(17,18)6-8-9(13)4-3-5-10(8)14/h3-5H,2,6-7H2,1H3. The second-order valence-corrected chi connectivity index (χ2v) is 7.07. The molecule has 2 rings (SSSR count). The van der Waals surface area contributed by atoms with Gasteiger partial charge in [0, 0.05) is 22.0 Å². The van der Waals surface area contributed by atoms with Crippen molar-refractivity contribution in [2.24, 2.45) is 0 Å². The number of rotatable bonds is 5. The van der Waals surface area contributed by atoms with Gasteiger partial charge in [-0.05, 0) is 12.1 Å². The van der Waals surface area contributed by atoms with Crippen molar-refractivity contribution >= 4 is 33.0 Å². The number of aromatic nitrogens is 2. The van der Waals surface area contributed by atoms with Gasteiger partial charge < -0.3 is 4.52 Å². The maximum atomic E-state index is 12.1. The molecule has 0 fully saturated rings. The van der Waals surface area contributed by atoms with Crippen molar-refractivity contribution in [3.05, 3.63) is 45.5 Å². The molecule has 108 valence electrons. The van der Waals surface area contributed by atoms with E-state index >= 15 is 0 Å². The molecule has 0 aliphatic heterocycles. The summed E-state index contributed by atoms with van der Waals surface area (Å²) in [6.45, 7) is 1.85. The molecule has 0 saturated carbocycles. The van der Waals surface area contributed by atoms with Gasteiger partial charge in [0.2, 0.25) is 5.89 Å². The smallest absolute Gasteiger partial charge is 0.241 e. The Hall–Kier alpha value is -1.11. The van der Waals surface area contributed by atoms with Crippen LogP contribution in [0.1, 0.15) is 24.2 Å². The van der Waals surface area contributed by atoms with Crippen molar-refractivity contribution in [3.8, 4) is 0 Å². The quantitative estimate of drug-likeness (QED) is 0.840. The molecule has 0 spiro atoms. The molecule has 5 nitrogen and oxygen atoms in total. The maximum Gasteiger partial charge on any atom is 0.241 e. The number of sulfone groups is 1. The van der Waals surface area contributed by atoms with Gasteiger partial charge in [0.05, 0.1) is 5.75 Å². The van der Waals surface area contributed by atoms with E-state index in [2.05, 4.69) is 10.1 Å². The molecule has 0 unspecified atom stereocenters. The zero-order valence-corrected chi connectivity index (χ0v) is 13.0. The summed E-state index contributed by atoms with van der Waals surface area (Å²) in [5.41, 5.74) is 0.381. The number of aryl methyl sites for hydroxylation is 1. The van der Waals surface area contributed by atoms with Gasteiger partial charge in [-0.2, -0.15) is 4.98 Å². The van der Waals surface area contributed by atoms with Crippen molar-refractivity contribution < 1.29 is 12.9 Å². The van der Waals surface area contributed by atoms with E-state index in [0.29, 0.717) is 27.9 Å². The molecular formula is C12H12Cl2N2O3S. The van der Waals surface area contributed by atoms with Gasteiger partial charge >= 0.3 is 0 Å². The third kappa shape index (κ3) is 3.71. The minimum Gasteiger partial charge on any atom is -0.338 e. The first kappa shape index (κ1) is 15.3. The van der Waals surface area contributed by atoms with E-state index in [1.165, 1.54) is 0 Å². The van der Waals surface area contributed by atoms with Crippen molar-refractivity contribution in [1.82, 2.24) is 10.1 Å². The largest absolute Gasteiger partial charge is 0.338 e. The van der Waals surface area contributed by atoms with Gasteiger partial charge in [-0.25, -0.2) is 8.42 Å². The Kier molecular flexibility index (Phi) is 4.67. The first-order valence-electron chi connectivity index (χ1n) is 5.86. The highest BCUT2D eigenvalue weighted by Gasteiger charge is 2.20. The average Bonchev–Trinajstić information content (AvgIpc) is 2.81. The monoisotopic (exact) mass is 334 g/mol. The summed E-state index contributed by atoms with van der Waals surface area (Å²) in [4.78, 5) is 3.98. The van der Waals surface area contributed by atoms with E-state index in [0.717, 1.165) is 0 Å². The summed E-state index contributed by atoms with van der Waals surface area (Å²) >= 11 is 11.9. The Morgan fingerprint density at radius 1 is 1.20 bits per heavy atom. The molecule has 0 radical (unpaired) electrons. The van der Waals surface area contributed by atoms with Gasteiger partial charge in [-0.3, -0.25) is 0 Å². The predicted octanol–water partition coefficient (Wildman–Crippen LogP) is 3.05. The summed E-state index contributed by atoms with van der Waals surface area (Å²) < 4.78 is 29.1. The van der Waals surface area contributed by atoms with Crippen LogP contribution < -0.4 is 0 Å². The van der Waals surface area contributed by atoms with Crippen LogP contribution in [0.15, 0.2) is 22.7 Å². The van der Waals surface area contributed by atoms with Crippen LogP contribution in [0.2, 0.25) is 10.0 Å². The second-order valence-electron chi connectivity index (χ2n) is 4.19. The molecule has 0 aliphatic carbocycles. The normalized spacial score (nSPS) is 11.8. The highest BCUT2D eigenvalue weighted by Crippen LogP contribution is 2.27. The van der Waals surface area contributed by atoms with Gasteiger partial charge in [0.25, 0.3) is 0 Å². The number of halogens is 2. The predicted molar refractivity (Wildman–Crippen MR) is 76.5 cm³/mol. The number of nitrogens with zero attached hydrogens (tertiary/aromatic N) is 2. The van der Waals surface area contributed by atoms with Gasteiger partial charge in [-0.1, -0.05) is 41.3 Å². The Morgan fingerprint density at radius 2 is 1.85 bits per heavy atom. The zero-order valence-electron chi connectivity index (χ0n) is 10.6. The van der Waals surface area contributed by atoms with Crippen LogP contribution in [-0.2, 0) is 27.8 Å². The first-order valence-corrected chi connectivity index (χ1v) is 8.44. The lowest BCUT2D eigenvalue weighted by Crippen LogP contribution is -2.09. The average molecular weight is 335 g/mol. The minimum absolute atomic E-state index is 0.0741. The molecule has 0 amide bonds. The Morgan fingerprint density at radius 3 is 2.40 bits per heavy atom. The van der Waals surface area contributed by atoms with E-state index in [4.69, 9.17) is 27.7 Å². The highest BCUT2D eigenvalue weighted by molar-refractivity contribution is 7.89. The molecule has 1 heterocycles. The van der Waals surface area contributed by atoms with Crippen LogP contribution >= 0.6 is 23.2 Å². The molecule has 0 N–H and O–H groups in total. The van der Waals surface area contributed by atoms with Crippen molar-refractivity contribution in [3.63, 3.8) is 0 Å². The summed E-state index contributed by atoms with van der Waals surface area (Å²) in [5, 5.41) is 4.30. The van der Waals surface area contributed by atoms with Crippen LogP contribution in [0.25, 0.3) is 0 Å². The number of hydrogen-bond acceptors (Lipinski definition) is 5. The van der Waals surface area contributed by atoms with Crippen LogP contribution in [0.5, 0.6) is 0 Å². The fourth-order valence-electron chi connectivity index (χ4n) is 1.62. The maximum absolute atomic E-state index is 12.1. The van der Waals surface area contributed by atoms with Crippen LogP contribution in [0.4, 0.5) is 0 Å². The fraction of sp³-hybridized carbons (Fsp3) is 0.333. The highest BCUT2D eigenvalue weighted by atomic mass is 35.5. The molecule has 1 aromatic carbocycles. The van der Waals surface area contributed by atoms with Crippen LogP contribution in [0.3, 0.4) is 0 Å². The van der Waals surface area contributed by atoms with E-state index in [9.17, 15) is 8.42 Å². The molecule has 1 aromatic heterocycles. The fourth-order valence-corrected chi connectivity index (χ4v) is 3.66. The van der Waals surface area contributed by atoms with Crippen LogP contribution in [0, 0.1) is 0 Å². The summed E-state index contributed by atoms with van der Waals surface area (Å²) in [6, 6.07) is 4.85. The lowest BCUT2D eigenvalue weighted by Gasteiger charge is -2.06. The summed E-state index contributed by atoms with van der Waals surface area (Å²) in [6.07, 6.45) is 0.583. The lowest BCUT2D eigenvalue weighted by molar-refractivity contribution is 0.383. The Balaban J connectivity index is 2.19. The third-order valence-corrected chi connectivity index (χ3v) is 4.72. The van der Waals surface area contributed by atoms with Crippen LogP contribution in [-0.4, -0.2) is 18.6 Å². The molecule has 0 saturated heterocycles. The summed E-state index contributed by atoms with van der Waals surface area (Å²) in [7, 11) is -3.49. The Bertz CT molecular complexity index is 693. The molecule has 0 aliphatic rings. The number of hydrogen-bond donors (Lipinski definition) is 0. The van der Waals surface area contributed by atoms with Crippen molar-refractivity contribution in [1.29, 1.82) is 0 Å². The third-order valence-electron chi connectivity index (χ3n) is 2.60. The SMILES string of the molecule is CCc1noc(CS(=O)(=O)Cc2c(Cl)cccc2Cl)n1. The lowest BCUT2D eigenvalue weighted by atomic mass is 10.2. The molecule has 0 atom stereocenters. The first-order chi connectivity index (χ1) is 9.41. The van der Waals surface area contributed by atoms with Gasteiger partial charge in [0.1, 0.15) is 5.75 Å². The molecular weight excluding hydrogens is 323 g/mol. The minimum atomic E-state index is -3.49. The molecule has 8 heteroatoms. The van der Waals surface area contributed by atoms with E-state index in [1.807, 2.05) is 6.92 Å². The Labute approximate surface area is 126 Å². The molecule has 0 bridgehead atoms. The molecule has 2 aromatic rings. The second kappa shape index (κ2) is 6.11. The number of benzene rings is 1. The van der Waals surface area contributed by atoms with Gasteiger partial charge in [-0.15, -0.1) is 0 Å². The zero-order chi connectivity index (χ0) is 14.8. The van der Waals surface area contributed by atoms with E-state index in [-0.39, 0.29) is 17.4 Å².